The van der Waals surface area contributed by atoms with E-state index in [9.17, 15) is 14.4 Å². The highest BCUT2D eigenvalue weighted by atomic mass is 16.2. The second-order valence-electron chi connectivity index (χ2n) is 3.24. The molecule has 0 saturated carbocycles. The van der Waals surface area contributed by atoms with E-state index in [1.54, 1.807) is 12.1 Å². The van der Waals surface area contributed by atoms with Crippen molar-refractivity contribution in [2.75, 3.05) is 11.1 Å². The summed E-state index contributed by atoms with van der Waals surface area (Å²) < 4.78 is 0. The van der Waals surface area contributed by atoms with Crippen molar-refractivity contribution < 1.29 is 4.79 Å². The number of nitrogen functional groups attached to an aromatic ring is 1. The Bertz CT molecular complexity index is 620. The van der Waals surface area contributed by atoms with Crippen LogP contribution in [0.3, 0.4) is 0 Å². The highest BCUT2D eigenvalue weighted by Gasteiger charge is 1.90. The summed E-state index contributed by atoms with van der Waals surface area (Å²) >= 11 is 0. The van der Waals surface area contributed by atoms with Gasteiger partial charge in [0.05, 0.1) is 0 Å². The number of hydrogen-bond acceptors (Lipinski definition) is 5. The topological polar surface area (TPSA) is 160 Å². The summed E-state index contributed by atoms with van der Waals surface area (Å²) in [6, 6.07) is 8.52. The van der Waals surface area contributed by atoms with Gasteiger partial charge in [0.1, 0.15) is 0 Å². The van der Waals surface area contributed by atoms with Gasteiger partial charge in [-0.2, -0.15) is 4.98 Å². The molecule has 0 aliphatic heterocycles. The number of amides is 2. The van der Waals surface area contributed by atoms with Gasteiger partial charge in [-0.1, -0.05) is 18.2 Å². The Balaban J connectivity index is 0.000000191. The summed E-state index contributed by atoms with van der Waals surface area (Å²) in [4.78, 5) is 37.9. The van der Waals surface area contributed by atoms with Crippen LogP contribution in [-0.4, -0.2) is 21.0 Å². The van der Waals surface area contributed by atoms with Gasteiger partial charge in [-0.3, -0.25) is 9.97 Å². The van der Waals surface area contributed by atoms with Gasteiger partial charge in [0.2, 0.25) is 5.95 Å². The number of aromatic nitrogens is 3. The molecule has 0 aliphatic rings. The molecule has 1 aromatic heterocycles. The van der Waals surface area contributed by atoms with Crippen LogP contribution in [0, 0.1) is 0 Å². The molecule has 2 rings (SSSR count). The number of nitrogens with zero attached hydrogens (tertiary/aromatic N) is 1. The highest BCUT2D eigenvalue weighted by molar-refractivity contribution is 5.87. The van der Waals surface area contributed by atoms with Gasteiger partial charge in [0.15, 0.2) is 0 Å². The molecule has 0 atom stereocenters. The molecule has 1 aromatic carbocycles. The van der Waals surface area contributed by atoms with Gasteiger partial charge in [-0.15, -0.1) is 0 Å². The van der Waals surface area contributed by atoms with Crippen molar-refractivity contribution in [3.8, 4) is 0 Å². The maximum Gasteiger partial charge on any atom is 0.352 e. The SMILES string of the molecule is NC(=O)Nc1ccccc1.Nc1nc(=O)[nH]c(=O)[nH]1. The van der Waals surface area contributed by atoms with Crippen molar-refractivity contribution >= 4 is 17.7 Å². The number of H-pyrrole nitrogens is 2. The standard InChI is InChI=1S/C7H8N2O.C3H4N4O2/c8-7(10)9-6-4-2-1-3-5-6;4-1-5-2(8)7-3(9)6-1/h1-5H,(H3,8,9,10);(H4,4,5,6,7,8,9). The third-order valence-electron chi connectivity index (χ3n) is 1.73. The molecule has 2 amide bonds. The number of benzene rings is 1. The van der Waals surface area contributed by atoms with E-state index < -0.39 is 17.4 Å². The molecule has 2 aromatic rings. The van der Waals surface area contributed by atoms with Crippen LogP contribution in [0.1, 0.15) is 0 Å². The van der Waals surface area contributed by atoms with E-state index in [4.69, 9.17) is 11.5 Å². The van der Waals surface area contributed by atoms with Gasteiger partial charge in [0, 0.05) is 5.69 Å². The zero-order valence-corrected chi connectivity index (χ0v) is 9.71. The maximum atomic E-state index is 10.3. The zero-order valence-electron chi connectivity index (χ0n) is 9.71. The number of carbonyl (C=O) groups is 1. The normalized spacial score (nSPS) is 9.05. The summed E-state index contributed by atoms with van der Waals surface area (Å²) in [6.45, 7) is 0. The summed E-state index contributed by atoms with van der Waals surface area (Å²) in [5, 5.41) is 2.44. The number of nitrogens with one attached hydrogen (secondary N) is 3. The lowest BCUT2D eigenvalue weighted by atomic mass is 10.3. The van der Waals surface area contributed by atoms with Crippen LogP contribution in [0.5, 0.6) is 0 Å². The van der Waals surface area contributed by atoms with E-state index in [2.05, 4.69) is 15.3 Å². The first-order chi connectivity index (χ1) is 8.97. The molecular formula is C10H12N6O3. The largest absolute Gasteiger partial charge is 0.369 e. The zero-order chi connectivity index (χ0) is 14.3. The Labute approximate surface area is 106 Å². The first kappa shape index (κ1) is 14.0. The number of anilines is 2. The lowest BCUT2D eigenvalue weighted by Crippen LogP contribution is -2.25. The predicted molar refractivity (Wildman–Crippen MR) is 69.5 cm³/mol. The third kappa shape index (κ3) is 5.68. The molecule has 1 heterocycles. The summed E-state index contributed by atoms with van der Waals surface area (Å²) in [5.41, 5.74) is 9.18. The Hall–Kier alpha value is -3.10. The first-order valence-corrected chi connectivity index (χ1v) is 5.05. The van der Waals surface area contributed by atoms with Crippen molar-refractivity contribution in [1.82, 2.24) is 15.0 Å². The van der Waals surface area contributed by atoms with Crippen molar-refractivity contribution in [2.24, 2.45) is 5.73 Å². The lowest BCUT2D eigenvalue weighted by Gasteiger charge is -1.97. The second kappa shape index (κ2) is 6.59. The molecule has 19 heavy (non-hydrogen) atoms. The van der Waals surface area contributed by atoms with Gasteiger partial charge < -0.3 is 16.8 Å². The Morgan fingerprint density at radius 1 is 1.16 bits per heavy atom. The minimum absolute atomic E-state index is 0.177. The molecule has 0 fully saturated rings. The van der Waals surface area contributed by atoms with Crippen LogP contribution >= 0.6 is 0 Å². The molecule has 7 N–H and O–H groups in total. The summed E-state index contributed by atoms with van der Waals surface area (Å²) in [7, 11) is 0. The monoisotopic (exact) mass is 264 g/mol. The molecule has 0 saturated heterocycles. The van der Waals surface area contributed by atoms with E-state index in [0.717, 1.165) is 5.69 Å². The molecule has 9 nitrogen and oxygen atoms in total. The van der Waals surface area contributed by atoms with Crippen LogP contribution in [0.4, 0.5) is 16.4 Å². The van der Waals surface area contributed by atoms with Crippen LogP contribution in [-0.2, 0) is 0 Å². The number of rotatable bonds is 1. The van der Waals surface area contributed by atoms with E-state index in [1.807, 2.05) is 23.2 Å². The van der Waals surface area contributed by atoms with E-state index >= 15 is 0 Å². The van der Waals surface area contributed by atoms with Gasteiger partial charge in [0.25, 0.3) is 0 Å². The molecule has 0 aliphatic carbocycles. The van der Waals surface area contributed by atoms with Crippen LogP contribution in [0.25, 0.3) is 0 Å². The van der Waals surface area contributed by atoms with E-state index in [-0.39, 0.29) is 5.95 Å². The van der Waals surface area contributed by atoms with E-state index in [1.165, 1.54) is 0 Å². The van der Waals surface area contributed by atoms with Crippen molar-refractivity contribution in [3.05, 3.63) is 51.3 Å². The van der Waals surface area contributed by atoms with Crippen molar-refractivity contribution in [3.63, 3.8) is 0 Å². The fourth-order valence-corrected chi connectivity index (χ4v) is 1.07. The van der Waals surface area contributed by atoms with Gasteiger partial charge in [-0.05, 0) is 12.1 Å². The second-order valence-corrected chi connectivity index (χ2v) is 3.24. The third-order valence-corrected chi connectivity index (χ3v) is 1.73. The predicted octanol–water partition coefficient (Wildman–Crippen LogP) is -0.782. The fourth-order valence-electron chi connectivity index (χ4n) is 1.07. The molecular weight excluding hydrogens is 252 g/mol. The molecule has 0 unspecified atom stereocenters. The number of primary amides is 1. The van der Waals surface area contributed by atoms with Crippen molar-refractivity contribution in [1.29, 1.82) is 0 Å². The smallest absolute Gasteiger partial charge is 0.352 e. The highest BCUT2D eigenvalue weighted by Crippen LogP contribution is 2.03. The first-order valence-electron chi connectivity index (χ1n) is 5.05. The van der Waals surface area contributed by atoms with E-state index in [0.29, 0.717) is 0 Å². The fraction of sp³-hybridized carbons (Fsp3) is 0. The summed E-state index contributed by atoms with van der Waals surface area (Å²) in [6.07, 6.45) is 0. The van der Waals surface area contributed by atoms with Crippen LogP contribution in [0.2, 0.25) is 0 Å². The number of carbonyl (C=O) groups excluding carboxylic acids is 1. The Morgan fingerprint density at radius 3 is 2.26 bits per heavy atom. The maximum absolute atomic E-state index is 10.3. The number of urea groups is 1. The average Bonchev–Trinajstić information content (AvgIpc) is 2.28. The Kier molecular flexibility index (Phi) is 4.84. The number of hydrogen-bond donors (Lipinski definition) is 5. The van der Waals surface area contributed by atoms with Gasteiger partial charge >= 0.3 is 17.4 Å². The minimum atomic E-state index is -0.740. The van der Waals surface area contributed by atoms with Crippen LogP contribution < -0.4 is 28.2 Å². The molecule has 9 heteroatoms. The number of aromatic amines is 2. The molecule has 0 spiro atoms. The van der Waals surface area contributed by atoms with Gasteiger partial charge in [-0.25, -0.2) is 14.4 Å². The number of nitrogens with two attached hydrogens (primary N) is 2. The van der Waals surface area contributed by atoms with Crippen molar-refractivity contribution in [2.45, 2.75) is 0 Å². The minimum Gasteiger partial charge on any atom is -0.369 e. The van der Waals surface area contributed by atoms with Crippen LogP contribution in [0.15, 0.2) is 39.9 Å². The molecule has 100 valence electrons. The molecule has 0 bridgehead atoms. The Morgan fingerprint density at radius 2 is 1.79 bits per heavy atom. The summed E-state index contributed by atoms with van der Waals surface area (Å²) in [5.74, 6) is -0.177. The average molecular weight is 264 g/mol. The molecule has 0 radical (unpaired) electrons. The lowest BCUT2D eigenvalue weighted by molar-refractivity contribution is 0.259. The number of para-hydroxylation sites is 1. The quantitative estimate of drug-likeness (QED) is 0.456.